The van der Waals surface area contributed by atoms with Gasteiger partial charge < -0.3 is 5.32 Å². The maximum absolute atomic E-state index is 12.7. The number of carbonyl (C=O) groups is 2. The summed E-state index contributed by atoms with van der Waals surface area (Å²) in [5.74, 6) is -0.516. The van der Waals surface area contributed by atoms with Crippen molar-refractivity contribution < 1.29 is 18.0 Å². The summed E-state index contributed by atoms with van der Waals surface area (Å²) in [5.41, 5.74) is 1.58. The van der Waals surface area contributed by atoms with Gasteiger partial charge in [-0.2, -0.15) is 0 Å². The Morgan fingerprint density at radius 2 is 1.91 bits per heavy atom. The maximum atomic E-state index is 12.7. The third-order valence-corrected chi connectivity index (χ3v) is 7.09. The van der Waals surface area contributed by atoms with E-state index in [0.717, 1.165) is 22.9 Å². The largest absolute Gasteiger partial charge is 0.356 e. The molecule has 0 saturated carbocycles. The predicted octanol–water partition coefficient (Wildman–Crippen LogP) is 2.59. The van der Waals surface area contributed by atoms with Gasteiger partial charge in [-0.15, -0.1) is 0 Å². The van der Waals surface area contributed by atoms with Gasteiger partial charge in [0.1, 0.15) is 5.92 Å². The Labute approximate surface area is 207 Å². The molecule has 3 rings (SSSR count). The first kappa shape index (κ1) is 25.4. The van der Waals surface area contributed by atoms with E-state index in [1.54, 1.807) is 23.1 Å². The fraction of sp³-hybridized carbons (Fsp3) is 0.364. The number of primary sulfonamides is 1. The topological polar surface area (TPSA) is 122 Å². The Morgan fingerprint density at radius 3 is 2.61 bits per heavy atom. The highest BCUT2D eigenvalue weighted by Crippen LogP contribution is 2.25. The van der Waals surface area contributed by atoms with Crippen molar-refractivity contribution in [3.63, 3.8) is 0 Å². The molecule has 0 bridgehead atoms. The van der Waals surface area contributed by atoms with Crippen molar-refractivity contribution in [1.82, 2.24) is 10.2 Å². The molecule has 0 fully saturated rings. The van der Waals surface area contributed by atoms with E-state index in [1.807, 2.05) is 12.2 Å². The molecular weight excluding hydrogens is 528 g/mol. The number of nitrogens with zero attached hydrogens (tertiary/aromatic N) is 2. The highest BCUT2D eigenvalue weighted by Gasteiger charge is 2.34. The predicted molar refractivity (Wildman–Crippen MR) is 134 cm³/mol. The minimum atomic E-state index is -3.70. The minimum Gasteiger partial charge on any atom is -0.356 e. The standard InChI is InChI=1S/C22H25BrN4O4S2/c23-16-7-10-19-18(14-16)21(29)27(22(32)26-19)13-3-1-2-4-20(28)25-12-11-15-5-8-17(9-6-15)33(24,30)31/h5-10,14,18H,1-4,11-13H2,(H,25,28)(H2,24,30,31). The van der Waals surface area contributed by atoms with E-state index in [-0.39, 0.29) is 21.8 Å². The molecule has 1 unspecified atom stereocenters. The zero-order valence-electron chi connectivity index (χ0n) is 17.9. The molecule has 1 heterocycles. The van der Waals surface area contributed by atoms with Crippen LogP contribution in [0.3, 0.4) is 0 Å². The monoisotopic (exact) mass is 552 g/mol. The average molecular weight is 554 g/mol. The second-order valence-corrected chi connectivity index (χ2v) is 10.6. The lowest BCUT2D eigenvalue weighted by Gasteiger charge is -2.30. The second-order valence-electron chi connectivity index (χ2n) is 7.77. The number of rotatable bonds is 10. The van der Waals surface area contributed by atoms with Gasteiger partial charge >= 0.3 is 0 Å². The van der Waals surface area contributed by atoms with Crippen LogP contribution in [0, 0.1) is 5.92 Å². The van der Waals surface area contributed by atoms with Gasteiger partial charge in [0.25, 0.3) is 0 Å². The molecule has 8 nitrogen and oxygen atoms in total. The van der Waals surface area contributed by atoms with Gasteiger partial charge in [-0.3, -0.25) is 14.5 Å². The van der Waals surface area contributed by atoms with Gasteiger partial charge in [0.2, 0.25) is 27.0 Å². The van der Waals surface area contributed by atoms with Crippen molar-refractivity contribution in [3.05, 3.63) is 52.5 Å². The molecule has 3 N–H and O–H groups in total. The van der Waals surface area contributed by atoms with Crippen LogP contribution in [0.5, 0.6) is 0 Å². The van der Waals surface area contributed by atoms with Crippen molar-refractivity contribution in [1.29, 1.82) is 0 Å². The van der Waals surface area contributed by atoms with Crippen LogP contribution in [0.25, 0.3) is 0 Å². The van der Waals surface area contributed by atoms with Crippen molar-refractivity contribution in [3.8, 4) is 0 Å². The number of thiocarbonyl (C=S) groups is 1. The van der Waals surface area contributed by atoms with Gasteiger partial charge in [0.15, 0.2) is 0 Å². The zero-order chi connectivity index (χ0) is 24.0. The summed E-state index contributed by atoms with van der Waals surface area (Å²) in [4.78, 5) is 30.8. The molecule has 1 aromatic rings. The smallest absolute Gasteiger partial charge is 0.241 e. The highest BCUT2D eigenvalue weighted by atomic mass is 79.9. The molecule has 2 amide bonds. The number of halogens is 1. The average Bonchev–Trinajstić information content (AvgIpc) is 2.76. The lowest BCUT2D eigenvalue weighted by atomic mass is 9.95. The first-order valence-corrected chi connectivity index (χ1v) is 13.3. The van der Waals surface area contributed by atoms with Crippen molar-refractivity contribution in [2.24, 2.45) is 16.0 Å². The Hall–Kier alpha value is -2.21. The molecule has 2 aliphatic rings. The lowest BCUT2D eigenvalue weighted by molar-refractivity contribution is -0.128. The summed E-state index contributed by atoms with van der Waals surface area (Å²) in [6.07, 6.45) is 8.68. The summed E-state index contributed by atoms with van der Waals surface area (Å²) >= 11 is 8.68. The number of hydrogen-bond donors (Lipinski definition) is 2. The molecule has 0 saturated heterocycles. The molecule has 0 aromatic heterocycles. The number of unbranched alkanes of at least 4 members (excludes halogenated alkanes) is 2. The first-order chi connectivity index (χ1) is 15.6. The number of nitrogens with one attached hydrogen (secondary N) is 1. The molecule has 1 aromatic carbocycles. The van der Waals surface area contributed by atoms with E-state index in [1.165, 1.54) is 12.1 Å². The molecular formula is C22H25BrN4O4S2. The van der Waals surface area contributed by atoms with Crippen LogP contribution in [0.4, 0.5) is 0 Å². The van der Waals surface area contributed by atoms with Crippen molar-refractivity contribution in [2.75, 3.05) is 13.1 Å². The molecule has 1 atom stereocenters. The molecule has 1 aliphatic carbocycles. The number of amides is 2. The van der Waals surface area contributed by atoms with Crippen LogP contribution in [-0.2, 0) is 26.0 Å². The SMILES string of the molecule is NS(=O)(=O)c1ccc(CCNC(=O)CCCCCN2C(=O)C3C=C(Br)C=CC3=NC2=S)cc1. The van der Waals surface area contributed by atoms with Crippen LogP contribution in [0.2, 0.25) is 0 Å². The fourth-order valence-corrected chi connectivity index (χ4v) is 4.72. The van der Waals surface area contributed by atoms with E-state index < -0.39 is 15.9 Å². The summed E-state index contributed by atoms with van der Waals surface area (Å²) in [5, 5.41) is 8.23. The first-order valence-electron chi connectivity index (χ1n) is 10.5. The summed E-state index contributed by atoms with van der Waals surface area (Å²) in [7, 11) is -3.70. The van der Waals surface area contributed by atoms with E-state index in [9.17, 15) is 18.0 Å². The molecule has 1 aliphatic heterocycles. The van der Waals surface area contributed by atoms with Gasteiger partial charge in [-0.05, 0) is 61.3 Å². The number of carbonyl (C=O) groups excluding carboxylic acids is 2. The zero-order valence-corrected chi connectivity index (χ0v) is 21.1. The number of hydrogen-bond acceptors (Lipinski definition) is 5. The summed E-state index contributed by atoms with van der Waals surface area (Å²) in [6.45, 7) is 0.944. The Balaban J connectivity index is 1.33. The molecule has 176 valence electrons. The van der Waals surface area contributed by atoms with Crippen LogP contribution in [0.15, 0.2) is 56.9 Å². The van der Waals surface area contributed by atoms with Gasteiger partial charge in [0.05, 0.1) is 10.6 Å². The van der Waals surface area contributed by atoms with E-state index in [4.69, 9.17) is 17.4 Å². The Bertz CT molecular complexity index is 1130. The molecule has 0 radical (unpaired) electrons. The Kier molecular flexibility index (Phi) is 8.69. The van der Waals surface area contributed by atoms with E-state index in [0.29, 0.717) is 38.1 Å². The van der Waals surface area contributed by atoms with Crippen molar-refractivity contribution >= 4 is 60.8 Å². The second kappa shape index (κ2) is 11.3. The maximum Gasteiger partial charge on any atom is 0.241 e. The van der Waals surface area contributed by atoms with Crippen LogP contribution in [0.1, 0.15) is 31.2 Å². The summed E-state index contributed by atoms with van der Waals surface area (Å²) in [6, 6.07) is 6.28. The number of aliphatic imine (C=N–C) groups is 1. The third kappa shape index (κ3) is 7.13. The van der Waals surface area contributed by atoms with Crippen LogP contribution in [-0.4, -0.2) is 49.0 Å². The van der Waals surface area contributed by atoms with E-state index >= 15 is 0 Å². The normalized spacial score (nSPS) is 18.0. The molecule has 33 heavy (non-hydrogen) atoms. The van der Waals surface area contributed by atoms with Gasteiger partial charge in [0, 0.05) is 24.0 Å². The fourth-order valence-electron chi connectivity index (χ4n) is 3.52. The van der Waals surface area contributed by atoms with Crippen molar-refractivity contribution in [2.45, 2.75) is 37.0 Å². The molecule has 11 heteroatoms. The summed E-state index contributed by atoms with van der Waals surface area (Å²) < 4.78 is 23.4. The number of sulfonamides is 1. The number of fused-ring (bicyclic) bond motifs is 1. The van der Waals surface area contributed by atoms with Crippen LogP contribution >= 0.6 is 28.1 Å². The quantitative estimate of drug-likeness (QED) is 0.341. The number of benzene rings is 1. The van der Waals surface area contributed by atoms with Crippen LogP contribution < -0.4 is 10.5 Å². The Morgan fingerprint density at radius 1 is 1.18 bits per heavy atom. The van der Waals surface area contributed by atoms with Gasteiger partial charge in [-0.1, -0.05) is 40.6 Å². The highest BCUT2D eigenvalue weighted by molar-refractivity contribution is 9.11. The van der Waals surface area contributed by atoms with Gasteiger partial charge in [-0.25, -0.2) is 18.5 Å². The molecule has 0 spiro atoms. The number of allylic oxidation sites excluding steroid dienone is 3. The number of nitrogens with two attached hydrogens (primary N) is 1. The minimum absolute atomic E-state index is 0.0426. The lowest BCUT2D eigenvalue weighted by Crippen LogP contribution is -2.46. The van der Waals surface area contributed by atoms with E-state index in [2.05, 4.69) is 26.2 Å². The third-order valence-electron chi connectivity index (χ3n) is 5.32.